The van der Waals surface area contributed by atoms with Gasteiger partial charge in [0.25, 0.3) is 5.69 Å². The number of nitrogens with one attached hydrogen (secondary N) is 2. The second kappa shape index (κ2) is 10.4. The lowest BCUT2D eigenvalue weighted by atomic mass is 9.89. The number of benzene rings is 1. The quantitative estimate of drug-likeness (QED) is 0.294. The van der Waals surface area contributed by atoms with E-state index in [2.05, 4.69) is 14.9 Å². The molecule has 0 saturated heterocycles. The Balaban J connectivity index is 1.91. The fourth-order valence-corrected chi connectivity index (χ4v) is 3.74. The van der Waals surface area contributed by atoms with Crippen molar-refractivity contribution in [1.82, 2.24) is 9.62 Å². The Kier molecular flexibility index (Phi) is 8.18. The fraction of sp³-hybridized carbons (Fsp3) is 0.611. The van der Waals surface area contributed by atoms with Crippen LogP contribution in [0.4, 0.5) is 11.4 Å². The van der Waals surface area contributed by atoms with Crippen LogP contribution < -0.4 is 10.0 Å². The minimum absolute atomic E-state index is 0.0308. The standard InChI is InChI=1S/C18H28N4O3S/c1-21(2)12-6-11-19-16-10-9-15(13-17(16)22(24)25)26-20-18(23)14-7-4-3-5-8-14/h9-10,13-14,19H,3-8,11-12H2,1-2H3,(H,20,23). The van der Waals surface area contributed by atoms with Crippen molar-refractivity contribution < 1.29 is 9.72 Å². The Bertz CT molecular complexity index is 618. The maximum atomic E-state index is 12.2. The third kappa shape index (κ3) is 6.49. The highest BCUT2D eigenvalue weighted by Gasteiger charge is 2.21. The number of hydrogen-bond acceptors (Lipinski definition) is 6. The first-order chi connectivity index (χ1) is 12.5. The molecule has 1 aliphatic carbocycles. The predicted octanol–water partition coefficient (Wildman–Crippen LogP) is 3.66. The first-order valence-electron chi connectivity index (χ1n) is 9.11. The number of carbonyl (C=O) groups excluding carboxylic acids is 1. The number of hydrogen-bond donors (Lipinski definition) is 2. The van der Waals surface area contributed by atoms with Gasteiger partial charge in [-0.05, 0) is 64.0 Å². The zero-order valence-corrected chi connectivity index (χ0v) is 16.3. The topological polar surface area (TPSA) is 87.5 Å². The number of nitro groups is 1. The van der Waals surface area contributed by atoms with Gasteiger partial charge in [0.05, 0.1) is 4.92 Å². The number of nitrogens with zero attached hydrogens (tertiary/aromatic N) is 2. The Labute approximate surface area is 159 Å². The van der Waals surface area contributed by atoms with Gasteiger partial charge >= 0.3 is 0 Å². The van der Waals surface area contributed by atoms with Crippen LogP contribution in [0, 0.1) is 16.0 Å². The van der Waals surface area contributed by atoms with E-state index in [1.807, 2.05) is 14.1 Å². The van der Waals surface area contributed by atoms with E-state index in [0.717, 1.165) is 50.6 Å². The van der Waals surface area contributed by atoms with Crippen molar-refractivity contribution in [3.63, 3.8) is 0 Å². The van der Waals surface area contributed by atoms with Gasteiger partial charge in [0.15, 0.2) is 0 Å². The summed E-state index contributed by atoms with van der Waals surface area (Å²) in [6.07, 6.45) is 6.17. The molecule has 1 fully saturated rings. The molecule has 0 bridgehead atoms. The average molecular weight is 381 g/mol. The minimum Gasteiger partial charge on any atom is -0.379 e. The number of nitro benzene ring substituents is 1. The van der Waals surface area contributed by atoms with Gasteiger partial charge in [-0.3, -0.25) is 19.6 Å². The zero-order chi connectivity index (χ0) is 18.9. The van der Waals surface area contributed by atoms with Crippen molar-refractivity contribution in [2.75, 3.05) is 32.5 Å². The van der Waals surface area contributed by atoms with Gasteiger partial charge in [-0.1, -0.05) is 19.3 Å². The number of anilines is 1. The van der Waals surface area contributed by atoms with Crippen molar-refractivity contribution in [2.45, 2.75) is 43.4 Å². The second-order valence-corrected chi connectivity index (χ2v) is 7.80. The summed E-state index contributed by atoms with van der Waals surface area (Å²) in [7, 11) is 3.99. The smallest absolute Gasteiger partial charge is 0.293 e. The summed E-state index contributed by atoms with van der Waals surface area (Å²) in [6, 6.07) is 5.02. The maximum Gasteiger partial charge on any atom is 0.293 e. The summed E-state index contributed by atoms with van der Waals surface area (Å²) in [5, 5.41) is 14.5. The molecule has 2 rings (SSSR count). The van der Waals surface area contributed by atoms with Gasteiger partial charge in [-0.25, -0.2) is 0 Å². The fourth-order valence-electron chi connectivity index (χ4n) is 3.05. The highest BCUT2D eigenvalue weighted by molar-refractivity contribution is 7.98. The normalized spacial score (nSPS) is 15.0. The van der Waals surface area contributed by atoms with Crippen LogP contribution in [0.15, 0.2) is 23.1 Å². The molecule has 0 atom stereocenters. The average Bonchev–Trinajstić information content (AvgIpc) is 2.64. The van der Waals surface area contributed by atoms with Crippen molar-refractivity contribution >= 4 is 29.2 Å². The number of carbonyl (C=O) groups is 1. The summed E-state index contributed by atoms with van der Waals surface area (Å²) in [5.74, 6) is 0.104. The summed E-state index contributed by atoms with van der Waals surface area (Å²) in [5.41, 5.74) is 0.545. The summed E-state index contributed by atoms with van der Waals surface area (Å²) in [4.78, 5) is 25.9. The van der Waals surface area contributed by atoms with Crippen LogP contribution in [0.2, 0.25) is 0 Å². The molecule has 1 amide bonds. The third-order valence-corrected chi connectivity index (χ3v) is 5.30. The zero-order valence-electron chi connectivity index (χ0n) is 15.5. The Morgan fingerprint density at radius 1 is 1.31 bits per heavy atom. The molecule has 0 heterocycles. The van der Waals surface area contributed by atoms with Gasteiger partial charge in [0, 0.05) is 23.4 Å². The molecule has 1 aliphatic rings. The van der Waals surface area contributed by atoms with Crippen LogP contribution in [-0.2, 0) is 4.79 Å². The molecule has 8 heteroatoms. The molecule has 0 aliphatic heterocycles. The second-order valence-electron chi connectivity index (χ2n) is 6.92. The Morgan fingerprint density at radius 2 is 2.04 bits per heavy atom. The van der Waals surface area contributed by atoms with Crippen LogP contribution in [-0.4, -0.2) is 42.9 Å². The Morgan fingerprint density at radius 3 is 2.69 bits per heavy atom. The molecule has 1 aromatic carbocycles. The first kappa shape index (κ1) is 20.5. The molecule has 0 aromatic heterocycles. The van der Waals surface area contributed by atoms with Crippen LogP contribution in [0.3, 0.4) is 0 Å². The Hall–Kier alpha value is -1.80. The highest BCUT2D eigenvalue weighted by Crippen LogP contribution is 2.30. The third-order valence-electron chi connectivity index (χ3n) is 4.51. The van der Waals surface area contributed by atoms with Crippen molar-refractivity contribution in [3.05, 3.63) is 28.3 Å². The minimum atomic E-state index is -0.388. The van der Waals surface area contributed by atoms with Gasteiger partial charge in [0.1, 0.15) is 5.69 Å². The molecule has 2 N–H and O–H groups in total. The summed E-state index contributed by atoms with van der Waals surface area (Å²) < 4.78 is 2.85. The molecule has 26 heavy (non-hydrogen) atoms. The molecule has 1 saturated carbocycles. The van der Waals surface area contributed by atoms with Crippen molar-refractivity contribution in [2.24, 2.45) is 5.92 Å². The van der Waals surface area contributed by atoms with E-state index in [9.17, 15) is 14.9 Å². The molecule has 144 valence electrons. The van der Waals surface area contributed by atoms with E-state index in [1.165, 1.54) is 12.5 Å². The van der Waals surface area contributed by atoms with Crippen LogP contribution in [0.5, 0.6) is 0 Å². The highest BCUT2D eigenvalue weighted by atomic mass is 32.2. The summed E-state index contributed by atoms with van der Waals surface area (Å²) in [6.45, 7) is 1.59. The molecule has 1 aromatic rings. The predicted molar refractivity (Wildman–Crippen MR) is 105 cm³/mol. The molecule has 0 unspecified atom stereocenters. The number of rotatable bonds is 9. The van der Waals surface area contributed by atoms with E-state index in [0.29, 0.717) is 17.1 Å². The molecule has 0 spiro atoms. The largest absolute Gasteiger partial charge is 0.379 e. The van der Waals surface area contributed by atoms with Gasteiger partial charge in [0.2, 0.25) is 5.91 Å². The molecule has 0 radical (unpaired) electrons. The lowest BCUT2D eigenvalue weighted by molar-refractivity contribution is -0.384. The van der Waals surface area contributed by atoms with E-state index in [1.54, 1.807) is 12.1 Å². The lowest BCUT2D eigenvalue weighted by Gasteiger charge is -2.20. The van der Waals surface area contributed by atoms with Gasteiger partial charge in [-0.15, -0.1) is 0 Å². The molecular formula is C18H28N4O3S. The van der Waals surface area contributed by atoms with E-state index in [4.69, 9.17) is 0 Å². The van der Waals surface area contributed by atoms with E-state index < -0.39 is 0 Å². The van der Waals surface area contributed by atoms with Crippen molar-refractivity contribution in [3.8, 4) is 0 Å². The number of amides is 1. The lowest BCUT2D eigenvalue weighted by Crippen LogP contribution is -2.27. The van der Waals surface area contributed by atoms with E-state index in [-0.39, 0.29) is 22.4 Å². The first-order valence-corrected chi connectivity index (χ1v) is 9.93. The molecular weight excluding hydrogens is 352 g/mol. The van der Waals surface area contributed by atoms with Gasteiger partial charge in [-0.2, -0.15) is 0 Å². The van der Waals surface area contributed by atoms with Crippen LogP contribution >= 0.6 is 11.9 Å². The van der Waals surface area contributed by atoms with Crippen LogP contribution in [0.25, 0.3) is 0 Å². The van der Waals surface area contributed by atoms with Gasteiger partial charge < -0.3 is 10.2 Å². The monoisotopic (exact) mass is 380 g/mol. The molecule has 7 nitrogen and oxygen atoms in total. The summed E-state index contributed by atoms with van der Waals surface area (Å²) >= 11 is 1.16. The van der Waals surface area contributed by atoms with Crippen LogP contribution in [0.1, 0.15) is 38.5 Å². The van der Waals surface area contributed by atoms with E-state index >= 15 is 0 Å². The maximum absolute atomic E-state index is 12.2. The van der Waals surface area contributed by atoms with Crippen molar-refractivity contribution in [1.29, 1.82) is 0 Å². The SMILES string of the molecule is CN(C)CCCNc1ccc(SNC(=O)C2CCCCC2)cc1[N+](=O)[O-].